The van der Waals surface area contributed by atoms with Crippen LogP contribution in [-0.2, 0) is 11.3 Å². The number of pyridine rings is 1. The van der Waals surface area contributed by atoms with Crippen molar-refractivity contribution in [3.05, 3.63) is 60.8 Å². The van der Waals surface area contributed by atoms with Crippen LogP contribution in [0.4, 0.5) is 11.8 Å². The molecule has 1 aliphatic heterocycles. The summed E-state index contributed by atoms with van der Waals surface area (Å²) < 4.78 is 0. The number of nitrogens with one attached hydrogen (secondary N) is 2. The van der Waals surface area contributed by atoms with Gasteiger partial charge in [0.05, 0.1) is 11.0 Å². The van der Waals surface area contributed by atoms with Crippen molar-refractivity contribution in [2.75, 3.05) is 31.5 Å². The molecule has 1 fully saturated rings. The maximum absolute atomic E-state index is 10.9. The van der Waals surface area contributed by atoms with Crippen molar-refractivity contribution in [2.24, 2.45) is 0 Å². The minimum atomic E-state index is 0.640. The average molecular weight is 414 g/mol. The van der Waals surface area contributed by atoms with Gasteiger partial charge >= 0.3 is 0 Å². The van der Waals surface area contributed by atoms with Gasteiger partial charge in [0.25, 0.3) is 0 Å². The van der Waals surface area contributed by atoms with Gasteiger partial charge in [-0.15, -0.1) is 0 Å². The number of aromatic nitrogens is 5. The number of rotatable bonds is 6. The highest BCUT2D eigenvalue weighted by Crippen LogP contribution is 2.24. The predicted octanol–water partition coefficient (Wildman–Crippen LogP) is 2.43. The second-order valence-corrected chi connectivity index (χ2v) is 7.54. The minimum absolute atomic E-state index is 0.640. The molecule has 156 valence electrons. The number of anilines is 2. The predicted molar refractivity (Wildman–Crippen MR) is 118 cm³/mol. The summed E-state index contributed by atoms with van der Waals surface area (Å²) in [6, 6.07) is 10.1. The van der Waals surface area contributed by atoms with Gasteiger partial charge in [0.1, 0.15) is 12.1 Å². The SMILES string of the molecule is O=CN1CCN(Cc2ccnc(Nc3nc4ccc(-c5cncnc5)cc4[nH]3)c2)CC1. The van der Waals surface area contributed by atoms with Gasteiger partial charge in [-0.3, -0.25) is 9.69 Å². The first-order valence-corrected chi connectivity index (χ1v) is 10.2. The molecule has 0 unspecified atom stereocenters. The topological polar surface area (TPSA) is 103 Å². The van der Waals surface area contributed by atoms with Crippen molar-refractivity contribution in [1.29, 1.82) is 0 Å². The Morgan fingerprint density at radius 3 is 2.68 bits per heavy atom. The Morgan fingerprint density at radius 2 is 1.87 bits per heavy atom. The summed E-state index contributed by atoms with van der Waals surface area (Å²) >= 11 is 0. The fourth-order valence-corrected chi connectivity index (χ4v) is 3.74. The van der Waals surface area contributed by atoms with E-state index >= 15 is 0 Å². The van der Waals surface area contributed by atoms with E-state index in [2.05, 4.69) is 35.1 Å². The van der Waals surface area contributed by atoms with Gasteiger partial charge < -0.3 is 15.2 Å². The lowest BCUT2D eigenvalue weighted by Crippen LogP contribution is -2.45. The standard InChI is InChI=1S/C22H22N8O/c31-15-30-7-5-29(6-8-30)13-16-3-4-25-21(9-16)28-22-26-19-2-1-17(10-20(19)27-22)18-11-23-14-24-12-18/h1-4,9-12,14-15H,5-8,13H2,(H2,25,26,27,28). The maximum atomic E-state index is 10.9. The third-order valence-corrected chi connectivity index (χ3v) is 5.41. The number of benzene rings is 1. The Labute approximate surface area is 179 Å². The molecule has 1 aromatic carbocycles. The molecule has 31 heavy (non-hydrogen) atoms. The van der Waals surface area contributed by atoms with Crippen LogP contribution >= 0.6 is 0 Å². The monoisotopic (exact) mass is 414 g/mol. The van der Waals surface area contributed by atoms with E-state index in [1.54, 1.807) is 18.6 Å². The number of carbonyl (C=O) groups excluding carboxylic acids is 1. The molecule has 0 radical (unpaired) electrons. The van der Waals surface area contributed by atoms with Gasteiger partial charge in [0, 0.05) is 56.9 Å². The first-order valence-electron chi connectivity index (χ1n) is 10.2. The number of nitrogens with zero attached hydrogens (tertiary/aromatic N) is 6. The van der Waals surface area contributed by atoms with Gasteiger partial charge in [-0.1, -0.05) is 6.07 Å². The Hall–Kier alpha value is -3.85. The van der Waals surface area contributed by atoms with Crippen LogP contribution in [0.3, 0.4) is 0 Å². The van der Waals surface area contributed by atoms with Crippen molar-refractivity contribution in [1.82, 2.24) is 34.7 Å². The number of hydrogen-bond donors (Lipinski definition) is 2. The van der Waals surface area contributed by atoms with E-state index < -0.39 is 0 Å². The fourth-order valence-electron chi connectivity index (χ4n) is 3.74. The summed E-state index contributed by atoms with van der Waals surface area (Å²) in [5, 5.41) is 3.27. The molecule has 4 heterocycles. The van der Waals surface area contributed by atoms with Crippen LogP contribution in [0, 0.1) is 0 Å². The second-order valence-electron chi connectivity index (χ2n) is 7.54. The highest BCUT2D eigenvalue weighted by atomic mass is 16.1. The van der Waals surface area contributed by atoms with Gasteiger partial charge in [-0.2, -0.15) is 0 Å². The van der Waals surface area contributed by atoms with Crippen molar-refractivity contribution < 1.29 is 4.79 Å². The van der Waals surface area contributed by atoms with E-state index in [9.17, 15) is 4.79 Å². The molecule has 0 aliphatic carbocycles. The van der Waals surface area contributed by atoms with E-state index in [-0.39, 0.29) is 0 Å². The number of H-pyrrole nitrogens is 1. The first kappa shape index (κ1) is 19.1. The average Bonchev–Trinajstić information content (AvgIpc) is 3.22. The molecule has 1 amide bonds. The highest BCUT2D eigenvalue weighted by molar-refractivity contribution is 5.83. The molecular weight excluding hydrogens is 392 g/mol. The molecule has 9 heteroatoms. The normalized spacial score (nSPS) is 14.6. The van der Waals surface area contributed by atoms with Crippen molar-refractivity contribution >= 4 is 29.2 Å². The lowest BCUT2D eigenvalue weighted by molar-refractivity contribution is -0.119. The van der Waals surface area contributed by atoms with E-state index in [0.717, 1.165) is 67.1 Å². The lowest BCUT2D eigenvalue weighted by Gasteiger charge is -2.32. The summed E-state index contributed by atoms with van der Waals surface area (Å²) in [4.78, 5) is 35.6. The van der Waals surface area contributed by atoms with Gasteiger partial charge in [-0.25, -0.2) is 19.9 Å². The van der Waals surface area contributed by atoms with Crippen LogP contribution in [0.2, 0.25) is 0 Å². The molecule has 3 aromatic heterocycles. The summed E-state index contributed by atoms with van der Waals surface area (Å²) in [6.07, 6.45) is 7.83. The van der Waals surface area contributed by atoms with E-state index in [1.807, 2.05) is 35.2 Å². The number of carbonyl (C=O) groups is 1. The largest absolute Gasteiger partial charge is 0.343 e. The molecule has 1 aliphatic rings. The number of amides is 1. The van der Waals surface area contributed by atoms with Gasteiger partial charge in [0.15, 0.2) is 0 Å². The number of piperazine rings is 1. The minimum Gasteiger partial charge on any atom is -0.343 e. The molecule has 9 nitrogen and oxygen atoms in total. The molecule has 4 aromatic rings. The summed E-state index contributed by atoms with van der Waals surface area (Å²) in [5.74, 6) is 1.38. The number of hydrogen-bond acceptors (Lipinski definition) is 7. The molecule has 0 spiro atoms. The Kier molecular flexibility index (Phi) is 5.24. The number of fused-ring (bicyclic) bond motifs is 1. The lowest BCUT2D eigenvalue weighted by atomic mass is 10.1. The van der Waals surface area contributed by atoms with Crippen LogP contribution in [0.1, 0.15) is 5.56 Å². The van der Waals surface area contributed by atoms with Crippen molar-refractivity contribution in [2.45, 2.75) is 6.54 Å². The molecule has 0 saturated carbocycles. The first-order chi connectivity index (χ1) is 15.3. The van der Waals surface area contributed by atoms with Crippen LogP contribution in [0.5, 0.6) is 0 Å². The van der Waals surface area contributed by atoms with Gasteiger partial charge in [0.2, 0.25) is 12.4 Å². The smallest absolute Gasteiger partial charge is 0.209 e. The van der Waals surface area contributed by atoms with E-state index in [0.29, 0.717) is 5.95 Å². The van der Waals surface area contributed by atoms with Gasteiger partial charge in [-0.05, 0) is 35.4 Å². The number of imidazole rings is 1. The number of aromatic amines is 1. The van der Waals surface area contributed by atoms with Crippen LogP contribution in [-0.4, -0.2) is 67.3 Å². The van der Waals surface area contributed by atoms with Crippen LogP contribution < -0.4 is 5.32 Å². The zero-order valence-electron chi connectivity index (χ0n) is 16.9. The van der Waals surface area contributed by atoms with Crippen molar-refractivity contribution in [3.8, 4) is 11.1 Å². The summed E-state index contributed by atoms with van der Waals surface area (Å²) in [6.45, 7) is 4.13. The third-order valence-electron chi connectivity index (χ3n) is 5.41. The second kappa shape index (κ2) is 8.49. The highest BCUT2D eigenvalue weighted by Gasteiger charge is 2.15. The van der Waals surface area contributed by atoms with Crippen molar-refractivity contribution in [3.63, 3.8) is 0 Å². The Morgan fingerprint density at radius 1 is 1.03 bits per heavy atom. The molecular formula is C22H22N8O. The molecule has 0 bridgehead atoms. The van der Waals surface area contributed by atoms with Crippen LogP contribution in [0.15, 0.2) is 55.2 Å². The Bertz CT molecular complexity index is 1180. The third kappa shape index (κ3) is 4.36. The molecule has 2 N–H and O–H groups in total. The maximum Gasteiger partial charge on any atom is 0.209 e. The molecule has 1 saturated heterocycles. The molecule has 0 atom stereocenters. The van der Waals surface area contributed by atoms with E-state index in [4.69, 9.17) is 0 Å². The quantitative estimate of drug-likeness (QED) is 0.467. The summed E-state index contributed by atoms with van der Waals surface area (Å²) in [7, 11) is 0. The Balaban J connectivity index is 1.29. The fraction of sp³-hybridized carbons (Fsp3) is 0.227. The summed E-state index contributed by atoms with van der Waals surface area (Å²) in [5.41, 5.74) is 4.94. The zero-order valence-corrected chi connectivity index (χ0v) is 16.9. The molecule has 5 rings (SSSR count). The van der Waals surface area contributed by atoms with E-state index in [1.165, 1.54) is 11.9 Å². The zero-order chi connectivity index (χ0) is 21.0. The van der Waals surface area contributed by atoms with Crippen LogP contribution in [0.25, 0.3) is 22.2 Å².